The molecule has 3 N–H and O–H groups in total. The quantitative estimate of drug-likeness (QED) is 0.0233. The predicted molar refractivity (Wildman–Crippen MR) is 247 cm³/mol. The summed E-state index contributed by atoms with van der Waals surface area (Å²) in [4.78, 5) is 35.1. The molecule has 0 bridgehead atoms. The van der Waals surface area contributed by atoms with Crippen LogP contribution in [0.25, 0.3) is 0 Å². The number of phosphoric ester groups is 1. The fraction of sp³-hybridized carbons (Fsp3) is 0.918. The monoisotopic (exact) mass is 875 g/mol. The van der Waals surface area contributed by atoms with Crippen molar-refractivity contribution in [1.82, 2.24) is 0 Å². The first-order valence-electron chi connectivity index (χ1n) is 25.1. The minimum absolute atomic E-state index is 0.159. The maximum Gasteiger partial charge on any atom is 0.472 e. The van der Waals surface area contributed by atoms with Gasteiger partial charge in [-0.05, 0) is 38.5 Å². The molecule has 0 radical (unpaired) electrons. The summed E-state index contributed by atoms with van der Waals surface area (Å²) in [6, 6.07) is 0. The van der Waals surface area contributed by atoms with E-state index in [1.807, 2.05) is 0 Å². The highest BCUT2D eigenvalue weighted by Crippen LogP contribution is 2.43. The van der Waals surface area contributed by atoms with Crippen molar-refractivity contribution in [2.24, 2.45) is 0 Å². The molecule has 1 unspecified atom stereocenters. The van der Waals surface area contributed by atoms with E-state index in [-0.39, 0.29) is 19.4 Å². The second-order valence-corrected chi connectivity index (χ2v) is 18.7. The number of aliphatic hydroxyl groups excluding tert-OH is 2. The Labute approximate surface area is 368 Å². The molecule has 0 aliphatic carbocycles. The Morgan fingerprint density at radius 3 is 1.23 bits per heavy atom. The third-order valence-corrected chi connectivity index (χ3v) is 12.1. The molecule has 0 aliphatic heterocycles. The maximum atomic E-state index is 12.6. The lowest BCUT2D eigenvalue weighted by atomic mass is 10.0. The number of phosphoric acid groups is 1. The Bertz CT molecular complexity index is 1010. The fourth-order valence-electron chi connectivity index (χ4n) is 7.28. The fourth-order valence-corrected chi connectivity index (χ4v) is 8.07. The molecule has 0 aromatic heterocycles. The van der Waals surface area contributed by atoms with Crippen molar-refractivity contribution in [2.75, 3.05) is 26.4 Å². The molecule has 0 saturated heterocycles. The highest BCUT2D eigenvalue weighted by Gasteiger charge is 2.27. The zero-order valence-electron chi connectivity index (χ0n) is 38.9. The van der Waals surface area contributed by atoms with Gasteiger partial charge in [-0.15, -0.1) is 0 Å². The Morgan fingerprint density at radius 1 is 0.483 bits per heavy atom. The van der Waals surface area contributed by atoms with E-state index in [9.17, 15) is 24.2 Å². The molecule has 11 heteroatoms. The largest absolute Gasteiger partial charge is 0.472 e. The lowest BCUT2D eigenvalue weighted by Crippen LogP contribution is -2.29. The third-order valence-electron chi connectivity index (χ3n) is 11.2. The van der Waals surface area contributed by atoms with Crippen molar-refractivity contribution < 1.29 is 47.8 Å². The second-order valence-electron chi connectivity index (χ2n) is 17.2. The summed E-state index contributed by atoms with van der Waals surface area (Å²) in [6.07, 6.45) is 46.2. The van der Waals surface area contributed by atoms with Crippen molar-refractivity contribution in [3.8, 4) is 0 Å². The number of hydrogen-bond acceptors (Lipinski definition) is 9. The SMILES string of the molecule is CCCCCCCCCCC/C=C/CCCCC(=O)O[C@H](COC(=O)CCCCCCCCCCCCCCCCCCCCCCCC)COP(=O)(O)OC[C@H](O)CO. The van der Waals surface area contributed by atoms with Gasteiger partial charge in [0, 0.05) is 12.8 Å². The van der Waals surface area contributed by atoms with Crippen molar-refractivity contribution in [3.63, 3.8) is 0 Å². The molecular formula is C49H95O10P. The zero-order chi connectivity index (χ0) is 44.0. The van der Waals surface area contributed by atoms with E-state index in [1.54, 1.807) is 0 Å². The van der Waals surface area contributed by atoms with Crippen LogP contribution in [0, 0.1) is 0 Å². The summed E-state index contributed by atoms with van der Waals surface area (Å²) < 4.78 is 32.8. The van der Waals surface area contributed by atoms with E-state index in [2.05, 4.69) is 26.0 Å². The lowest BCUT2D eigenvalue weighted by Gasteiger charge is -2.20. The number of ether oxygens (including phenoxy) is 2. The molecule has 0 aromatic rings. The summed E-state index contributed by atoms with van der Waals surface area (Å²) in [6.45, 7) is 2.41. The van der Waals surface area contributed by atoms with Gasteiger partial charge in [0.05, 0.1) is 19.8 Å². The molecule has 10 nitrogen and oxygen atoms in total. The number of esters is 2. The van der Waals surface area contributed by atoms with Crippen molar-refractivity contribution in [1.29, 1.82) is 0 Å². The normalized spacial score (nSPS) is 13.8. The first-order valence-corrected chi connectivity index (χ1v) is 26.6. The van der Waals surface area contributed by atoms with E-state index in [4.69, 9.17) is 23.6 Å². The molecule has 0 amide bonds. The summed E-state index contributed by atoms with van der Waals surface area (Å²) in [7, 11) is -4.62. The second kappa shape index (κ2) is 45.7. The molecule has 0 rings (SSSR count). The highest BCUT2D eigenvalue weighted by molar-refractivity contribution is 7.47. The standard InChI is InChI=1S/C49H95O10P/c1-3-5-7-9-11-13-15-17-19-20-21-22-23-24-25-27-28-30-32-34-36-38-40-48(52)56-44-47(45-58-60(54,55)57-43-46(51)42-50)59-49(53)41-39-37-35-33-31-29-26-18-16-14-12-10-8-6-4-2/h31,33,46-47,50-51H,3-30,32,34-45H2,1-2H3,(H,54,55)/b33-31+/t46-,47-/m1/s1. The Kier molecular flexibility index (Phi) is 44.7. The van der Waals surface area contributed by atoms with Gasteiger partial charge < -0.3 is 24.6 Å². The van der Waals surface area contributed by atoms with E-state index in [0.29, 0.717) is 12.8 Å². The molecule has 0 aliphatic rings. The van der Waals surface area contributed by atoms with Gasteiger partial charge in [-0.25, -0.2) is 4.57 Å². The predicted octanol–water partition coefficient (Wildman–Crippen LogP) is 14.0. The first-order chi connectivity index (χ1) is 29.2. The van der Waals surface area contributed by atoms with Gasteiger partial charge in [-0.2, -0.15) is 0 Å². The molecule has 0 saturated carbocycles. The van der Waals surface area contributed by atoms with E-state index >= 15 is 0 Å². The van der Waals surface area contributed by atoms with Crippen molar-refractivity contribution >= 4 is 19.8 Å². The summed E-state index contributed by atoms with van der Waals surface area (Å²) in [5.41, 5.74) is 0. The molecule has 0 fully saturated rings. The first kappa shape index (κ1) is 58.7. The summed E-state index contributed by atoms with van der Waals surface area (Å²) in [5, 5.41) is 18.4. The van der Waals surface area contributed by atoms with Crippen LogP contribution in [-0.4, -0.2) is 65.7 Å². The Hall–Kier alpha value is -1.29. The van der Waals surface area contributed by atoms with Gasteiger partial charge in [0.25, 0.3) is 0 Å². The molecule has 356 valence electrons. The lowest BCUT2D eigenvalue weighted by molar-refractivity contribution is -0.161. The van der Waals surface area contributed by atoms with Crippen LogP contribution in [0.3, 0.4) is 0 Å². The van der Waals surface area contributed by atoms with Crippen molar-refractivity contribution in [3.05, 3.63) is 12.2 Å². The van der Waals surface area contributed by atoms with Crippen LogP contribution < -0.4 is 0 Å². The molecule has 60 heavy (non-hydrogen) atoms. The van der Waals surface area contributed by atoms with Crippen LogP contribution in [0.15, 0.2) is 12.2 Å². The number of carbonyl (C=O) groups excluding carboxylic acids is 2. The van der Waals surface area contributed by atoms with E-state index < -0.39 is 51.8 Å². The molecule has 3 atom stereocenters. The van der Waals surface area contributed by atoms with Gasteiger partial charge >= 0.3 is 19.8 Å². The number of aliphatic hydroxyl groups is 2. The molecule has 0 heterocycles. The van der Waals surface area contributed by atoms with Crippen LogP contribution in [-0.2, 0) is 32.7 Å². The Balaban J connectivity index is 4.14. The number of carbonyl (C=O) groups is 2. The summed E-state index contributed by atoms with van der Waals surface area (Å²) in [5.74, 6) is -0.935. The van der Waals surface area contributed by atoms with Gasteiger partial charge in [-0.3, -0.25) is 18.6 Å². The maximum absolute atomic E-state index is 12.6. The summed E-state index contributed by atoms with van der Waals surface area (Å²) >= 11 is 0. The van der Waals surface area contributed by atoms with Gasteiger partial charge in [0.2, 0.25) is 0 Å². The number of rotatable bonds is 48. The van der Waals surface area contributed by atoms with E-state index in [1.165, 1.54) is 173 Å². The van der Waals surface area contributed by atoms with Crippen LogP contribution in [0.4, 0.5) is 0 Å². The number of unbranched alkanes of at least 4 members (excludes halogenated alkanes) is 32. The van der Waals surface area contributed by atoms with Crippen LogP contribution >= 0.6 is 7.82 Å². The average Bonchev–Trinajstić information content (AvgIpc) is 3.24. The molecule has 0 aromatic carbocycles. The van der Waals surface area contributed by atoms with Gasteiger partial charge in [0.15, 0.2) is 6.10 Å². The van der Waals surface area contributed by atoms with E-state index in [0.717, 1.165) is 38.5 Å². The highest BCUT2D eigenvalue weighted by atomic mass is 31.2. The van der Waals surface area contributed by atoms with Crippen LogP contribution in [0.5, 0.6) is 0 Å². The van der Waals surface area contributed by atoms with Crippen LogP contribution in [0.2, 0.25) is 0 Å². The number of hydrogen-bond donors (Lipinski definition) is 3. The average molecular weight is 875 g/mol. The third kappa shape index (κ3) is 44.8. The minimum atomic E-state index is -4.62. The Morgan fingerprint density at radius 2 is 0.817 bits per heavy atom. The van der Waals surface area contributed by atoms with Gasteiger partial charge in [-0.1, -0.05) is 212 Å². The molecular weight excluding hydrogens is 780 g/mol. The zero-order valence-corrected chi connectivity index (χ0v) is 39.8. The van der Waals surface area contributed by atoms with Crippen LogP contribution in [0.1, 0.15) is 251 Å². The smallest absolute Gasteiger partial charge is 0.462 e. The van der Waals surface area contributed by atoms with Crippen molar-refractivity contribution in [2.45, 2.75) is 264 Å². The van der Waals surface area contributed by atoms with Gasteiger partial charge in [0.1, 0.15) is 12.7 Å². The minimum Gasteiger partial charge on any atom is -0.462 e. The molecule has 0 spiro atoms. The number of allylic oxidation sites excluding steroid dienone is 2. The topological polar surface area (TPSA) is 149 Å².